The fraction of sp³-hybridized carbons (Fsp3) is 0.727. The van der Waals surface area contributed by atoms with Crippen LogP contribution in [0.2, 0.25) is 0 Å². The molecule has 3 heteroatoms. The van der Waals surface area contributed by atoms with Crippen LogP contribution >= 0.6 is 0 Å². The number of hydrogen-bond donors (Lipinski definition) is 2. The standard InChI is InChI=1S/C11H17N3/c1-2-7-12-10(5-1)11-8-4-3-6-9(8)13-14-11/h10,12H,1-7H2,(H,13,14). The van der Waals surface area contributed by atoms with Crippen LogP contribution in [0.25, 0.3) is 0 Å². The molecule has 1 atom stereocenters. The van der Waals surface area contributed by atoms with Gasteiger partial charge in [-0.2, -0.15) is 5.10 Å². The van der Waals surface area contributed by atoms with Crippen molar-refractivity contribution >= 4 is 0 Å². The molecule has 0 saturated carbocycles. The summed E-state index contributed by atoms with van der Waals surface area (Å²) in [5.74, 6) is 0. The van der Waals surface area contributed by atoms with E-state index in [4.69, 9.17) is 0 Å². The lowest BCUT2D eigenvalue weighted by Gasteiger charge is -2.22. The molecular weight excluding hydrogens is 174 g/mol. The summed E-state index contributed by atoms with van der Waals surface area (Å²) in [6.45, 7) is 1.16. The predicted molar refractivity (Wildman–Crippen MR) is 55.2 cm³/mol. The highest BCUT2D eigenvalue weighted by atomic mass is 15.1. The van der Waals surface area contributed by atoms with E-state index < -0.39 is 0 Å². The number of piperidine rings is 1. The molecule has 1 saturated heterocycles. The second-order valence-electron chi connectivity index (χ2n) is 4.42. The molecular formula is C11H17N3. The van der Waals surface area contributed by atoms with Gasteiger partial charge < -0.3 is 5.32 Å². The fourth-order valence-electron chi connectivity index (χ4n) is 2.72. The van der Waals surface area contributed by atoms with Crippen LogP contribution in [0.1, 0.15) is 48.7 Å². The molecule has 1 aliphatic heterocycles. The van der Waals surface area contributed by atoms with E-state index in [-0.39, 0.29) is 0 Å². The Morgan fingerprint density at radius 1 is 1.14 bits per heavy atom. The van der Waals surface area contributed by atoms with Crippen molar-refractivity contribution in [1.82, 2.24) is 15.5 Å². The van der Waals surface area contributed by atoms with E-state index in [0.717, 1.165) is 6.54 Å². The molecule has 1 aromatic heterocycles. The van der Waals surface area contributed by atoms with Crippen LogP contribution in [0, 0.1) is 0 Å². The van der Waals surface area contributed by atoms with Gasteiger partial charge in [0.25, 0.3) is 0 Å². The third kappa shape index (κ3) is 1.27. The van der Waals surface area contributed by atoms with Crippen LogP contribution in [0.4, 0.5) is 0 Å². The minimum absolute atomic E-state index is 0.529. The Bertz CT molecular complexity index is 323. The Balaban J connectivity index is 1.88. The van der Waals surface area contributed by atoms with Gasteiger partial charge in [0.1, 0.15) is 0 Å². The first-order chi connectivity index (χ1) is 6.95. The Morgan fingerprint density at radius 2 is 2.14 bits per heavy atom. The normalized spacial score (nSPS) is 26.4. The minimum Gasteiger partial charge on any atom is -0.309 e. The van der Waals surface area contributed by atoms with Gasteiger partial charge in [-0.05, 0) is 44.2 Å². The monoisotopic (exact) mass is 191 g/mol. The average molecular weight is 191 g/mol. The lowest BCUT2D eigenvalue weighted by atomic mass is 9.99. The van der Waals surface area contributed by atoms with Gasteiger partial charge in [-0.3, -0.25) is 5.10 Å². The summed E-state index contributed by atoms with van der Waals surface area (Å²) in [4.78, 5) is 0. The molecule has 2 N–H and O–H groups in total. The van der Waals surface area contributed by atoms with Gasteiger partial charge in [0, 0.05) is 5.69 Å². The number of nitrogens with zero attached hydrogens (tertiary/aromatic N) is 1. The fourth-order valence-corrected chi connectivity index (χ4v) is 2.72. The molecule has 2 heterocycles. The van der Waals surface area contributed by atoms with Crippen LogP contribution in [-0.4, -0.2) is 16.7 Å². The maximum atomic E-state index is 4.47. The largest absolute Gasteiger partial charge is 0.309 e. The molecule has 3 rings (SSSR count). The van der Waals surface area contributed by atoms with E-state index in [1.165, 1.54) is 55.5 Å². The van der Waals surface area contributed by atoms with Gasteiger partial charge in [-0.1, -0.05) is 6.42 Å². The van der Waals surface area contributed by atoms with Crippen molar-refractivity contribution in [2.45, 2.75) is 44.6 Å². The summed E-state index contributed by atoms with van der Waals surface area (Å²) < 4.78 is 0. The Hall–Kier alpha value is -0.830. The Labute approximate surface area is 84.3 Å². The van der Waals surface area contributed by atoms with Crippen LogP contribution in [0.5, 0.6) is 0 Å². The summed E-state index contributed by atoms with van der Waals surface area (Å²) in [5.41, 5.74) is 4.23. The zero-order valence-corrected chi connectivity index (χ0v) is 8.47. The van der Waals surface area contributed by atoms with Gasteiger partial charge in [0.2, 0.25) is 0 Å². The maximum absolute atomic E-state index is 4.47. The number of hydrogen-bond acceptors (Lipinski definition) is 2. The van der Waals surface area contributed by atoms with Crippen molar-refractivity contribution < 1.29 is 0 Å². The van der Waals surface area contributed by atoms with Gasteiger partial charge in [0.05, 0.1) is 11.7 Å². The molecule has 1 fully saturated rings. The predicted octanol–water partition coefficient (Wildman–Crippen LogP) is 1.71. The molecule has 1 unspecified atom stereocenters. The van der Waals surface area contributed by atoms with Gasteiger partial charge in [-0.15, -0.1) is 0 Å². The zero-order valence-electron chi connectivity index (χ0n) is 8.47. The Morgan fingerprint density at radius 3 is 3.00 bits per heavy atom. The number of rotatable bonds is 1. The molecule has 14 heavy (non-hydrogen) atoms. The molecule has 1 aliphatic carbocycles. The molecule has 76 valence electrons. The summed E-state index contributed by atoms with van der Waals surface area (Å²) >= 11 is 0. The highest BCUT2D eigenvalue weighted by Gasteiger charge is 2.25. The van der Waals surface area contributed by atoms with E-state index in [1.54, 1.807) is 0 Å². The van der Waals surface area contributed by atoms with Gasteiger partial charge in [-0.25, -0.2) is 0 Å². The zero-order chi connectivity index (χ0) is 9.38. The molecule has 0 bridgehead atoms. The number of nitrogens with one attached hydrogen (secondary N) is 2. The molecule has 0 amide bonds. The number of aromatic amines is 1. The van der Waals surface area contributed by atoms with E-state index >= 15 is 0 Å². The lowest BCUT2D eigenvalue weighted by molar-refractivity contribution is 0.403. The second kappa shape index (κ2) is 3.39. The van der Waals surface area contributed by atoms with E-state index in [9.17, 15) is 0 Å². The Kier molecular flexibility index (Phi) is 2.05. The highest BCUT2D eigenvalue weighted by molar-refractivity contribution is 5.31. The van der Waals surface area contributed by atoms with Crippen LogP contribution < -0.4 is 5.32 Å². The van der Waals surface area contributed by atoms with Crippen molar-refractivity contribution in [2.75, 3.05) is 6.54 Å². The minimum atomic E-state index is 0.529. The third-order valence-corrected chi connectivity index (χ3v) is 3.48. The van der Waals surface area contributed by atoms with Crippen molar-refractivity contribution in [3.63, 3.8) is 0 Å². The number of aryl methyl sites for hydroxylation is 1. The first-order valence-corrected chi connectivity index (χ1v) is 5.74. The first-order valence-electron chi connectivity index (χ1n) is 5.74. The van der Waals surface area contributed by atoms with E-state index in [1.807, 2.05) is 0 Å². The van der Waals surface area contributed by atoms with Crippen LogP contribution in [0.15, 0.2) is 0 Å². The van der Waals surface area contributed by atoms with Gasteiger partial charge in [0.15, 0.2) is 0 Å². The van der Waals surface area contributed by atoms with Crippen LogP contribution in [-0.2, 0) is 12.8 Å². The quantitative estimate of drug-likeness (QED) is 0.709. The number of aromatic nitrogens is 2. The average Bonchev–Trinajstić information content (AvgIpc) is 2.79. The molecule has 2 aliphatic rings. The third-order valence-electron chi connectivity index (χ3n) is 3.48. The number of H-pyrrole nitrogens is 1. The van der Waals surface area contributed by atoms with Gasteiger partial charge >= 0.3 is 0 Å². The maximum Gasteiger partial charge on any atom is 0.0826 e. The topological polar surface area (TPSA) is 40.7 Å². The van der Waals surface area contributed by atoms with Crippen molar-refractivity contribution in [1.29, 1.82) is 0 Å². The van der Waals surface area contributed by atoms with Crippen LogP contribution in [0.3, 0.4) is 0 Å². The highest BCUT2D eigenvalue weighted by Crippen LogP contribution is 2.30. The number of fused-ring (bicyclic) bond motifs is 1. The second-order valence-corrected chi connectivity index (χ2v) is 4.42. The summed E-state index contributed by atoms with van der Waals surface area (Å²) in [7, 11) is 0. The van der Waals surface area contributed by atoms with E-state index in [0.29, 0.717) is 6.04 Å². The molecule has 0 radical (unpaired) electrons. The van der Waals surface area contributed by atoms with Crippen molar-refractivity contribution in [3.8, 4) is 0 Å². The van der Waals surface area contributed by atoms with E-state index in [2.05, 4.69) is 15.5 Å². The SMILES string of the molecule is C1CCC(c2n[nH]c3c2CCC3)NC1. The summed E-state index contributed by atoms with van der Waals surface area (Å²) in [5, 5.41) is 11.2. The van der Waals surface area contributed by atoms with Crippen molar-refractivity contribution in [2.24, 2.45) is 0 Å². The molecule has 0 spiro atoms. The summed E-state index contributed by atoms with van der Waals surface area (Å²) in [6, 6.07) is 0.529. The smallest absolute Gasteiger partial charge is 0.0826 e. The molecule has 0 aromatic carbocycles. The first kappa shape index (κ1) is 8.48. The summed E-state index contributed by atoms with van der Waals surface area (Å²) in [6.07, 6.45) is 7.68. The molecule has 1 aromatic rings. The lowest BCUT2D eigenvalue weighted by Crippen LogP contribution is -2.27. The molecule has 3 nitrogen and oxygen atoms in total. The van der Waals surface area contributed by atoms with Crippen molar-refractivity contribution in [3.05, 3.63) is 17.0 Å².